The molecule has 0 aliphatic heterocycles. The first kappa shape index (κ1) is 18.9. The predicted molar refractivity (Wildman–Crippen MR) is 80.3 cm³/mol. The van der Waals surface area contributed by atoms with E-state index in [-0.39, 0.29) is 17.7 Å². The third-order valence-electron chi connectivity index (χ3n) is 3.53. The van der Waals surface area contributed by atoms with Gasteiger partial charge >= 0.3 is 5.97 Å². The van der Waals surface area contributed by atoms with Crippen molar-refractivity contribution in [2.24, 2.45) is 17.1 Å². The van der Waals surface area contributed by atoms with E-state index in [1.807, 2.05) is 0 Å². The number of aliphatic carboxylic acids is 1. The number of carbonyl (C=O) groups excluding carboxylic acids is 1. The monoisotopic (exact) mass is 286 g/mol. The van der Waals surface area contributed by atoms with Crippen LogP contribution in [-0.4, -0.2) is 29.1 Å². The highest BCUT2D eigenvalue weighted by molar-refractivity contribution is 5.78. The minimum atomic E-state index is -0.911. The standard InChI is InChI=1S/C15H30N2O3/c1-14(2,3)11(8-9-16)6-7-12(18)17-15(4,5)10-13(19)20/h11H,6-10,16H2,1-5H3,(H,17,18)(H,19,20). The zero-order chi connectivity index (χ0) is 16.0. The second kappa shape index (κ2) is 7.62. The summed E-state index contributed by atoms with van der Waals surface area (Å²) in [7, 11) is 0. The highest BCUT2D eigenvalue weighted by atomic mass is 16.4. The van der Waals surface area contributed by atoms with Crippen LogP contribution in [-0.2, 0) is 9.59 Å². The Morgan fingerprint density at radius 1 is 1.15 bits per heavy atom. The van der Waals surface area contributed by atoms with E-state index < -0.39 is 11.5 Å². The van der Waals surface area contributed by atoms with E-state index in [1.165, 1.54) is 0 Å². The Bertz CT molecular complexity index is 333. The van der Waals surface area contributed by atoms with Gasteiger partial charge in [-0.2, -0.15) is 0 Å². The average Bonchev–Trinajstić information content (AvgIpc) is 2.19. The molecule has 0 fully saturated rings. The maximum Gasteiger partial charge on any atom is 0.305 e. The number of hydrogen-bond acceptors (Lipinski definition) is 3. The molecule has 1 atom stereocenters. The highest BCUT2D eigenvalue weighted by Crippen LogP contribution is 2.32. The van der Waals surface area contributed by atoms with Crippen LogP contribution < -0.4 is 11.1 Å². The van der Waals surface area contributed by atoms with Crippen molar-refractivity contribution < 1.29 is 14.7 Å². The van der Waals surface area contributed by atoms with Crippen molar-refractivity contribution >= 4 is 11.9 Å². The molecule has 0 saturated carbocycles. The van der Waals surface area contributed by atoms with Crippen molar-refractivity contribution in [1.82, 2.24) is 5.32 Å². The van der Waals surface area contributed by atoms with Crippen LogP contribution in [0.5, 0.6) is 0 Å². The fraction of sp³-hybridized carbons (Fsp3) is 0.867. The molecule has 0 aromatic carbocycles. The fourth-order valence-electron chi connectivity index (χ4n) is 2.38. The maximum absolute atomic E-state index is 11.9. The molecule has 1 unspecified atom stereocenters. The van der Waals surface area contributed by atoms with Gasteiger partial charge in [0.1, 0.15) is 0 Å². The molecule has 118 valence electrons. The number of nitrogens with two attached hydrogens (primary N) is 1. The minimum absolute atomic E-state index is 0.0791. The summed E-state index contributed by atoms with van der Waals surface area (Å²) in [6.07, 6.45) is 2.00. The van der Waals surface area contributed by atoms with Gasteiger partial charge in [0.15, 0.2) is 0 Å². The quantitative estimate of drug-likeness (QED) is 0.637. The van der Waals surface area contributed by atoms with Crippen LogP contribution in [0.4, 0.5) is 0 Å². The lowest BCUT2D eigenvalue weighted by Gasteiger charge is -2.31. The summed E-state index contributed by atoms with van der Waals surface area (Å²) >= 11 is 0. The Morgan fingerprint density at radius 2 is 1.70 bits per heavy atom. The Morgan fingerprint density at radius 3 is 2.10 bits per heavy atom. The Labute approximate surface area is 122 Å². The third kappa shape index (κ3) is 8.15. The van der Waals surface area contributed by atoms with Gasteiger partial charge in [0.05, 0.1) is 6.42 Å². The SMILES string of the molecule is CC(C)(CC(=O)O)NC(=O)CCC(CCN)C(C)(C)C. The van der Waals surface area contributed by atoms with E-state index in [0.717, 1.165) is 12.8 Å². The van der Waals surface area contributed by atoms with Crippen LogP contribution in [0, 0.1) is 11.3 Å². The number of carbonyl (C=O) groups is 2. The van der Waals surface area contributed by atoms with E-state index in [0.29, 0.717) is 18.9 Å². The predicted octanol–water partition coefficient (Wildman–Crippen LogP) is 2.15. The summed E-state index contributed by atoms with van der Waals surface area (Å²) in [4.78, 5) is 22.7. The van der Waals surface area contributed by atoms with Crippen LogP contribution in [0.15, 0.2) is 0 Å². The minimum Gasteiger partial charge on any atom is -0.481 e. The van der Waals surface area contributed by atoms with Crippen LogP contribution in [0.25, 0.3) is 0 Å². The lowest BCUT2D eigenvalue weighted by Crippen LogP contribution is -2.45. The topological polar surface area (TPSA) is 92.4 Å². The van der Waals surface area contributed by atoms with Gasteiger partial charge in [-0.1, -0.05) is 20.8 Å². The lowest BCUT2D eigenvalue weighted by atomic mass is 9.76. The van der Waals surface area contributed by atoms with Gasteiger partial charge in [-0.25, -0.2) is 0 Å². The van der Waals surface area contributed by atoms with E-state index in [4.69, 9.17) is 10.8 Å². The molecule has 4 N–H and O–H groups in total. The summed E-state index contributed by atoms with van der Waals surface area (Å²) in [5.41, 5.74) is 5.03. The molecular weight excluding hydrogens is 256 g/mol. The Balaban J connectivity index is 4.36. The molecule has 0 rings (SSSR count). The van der Waals surface area contributed by atoms with Crippen molar-refractivity contribution in [2.75, 3.05) is 6.54 Å². The molecule has 1 amide bonds. The molecular formula is C15H30N2O3. The van der Waals surface area contributed by atoms with Gasteiger partial charge in [-0.05, 0) is 44.6 Å². The zero-order valence-electron chi connectivity index (χ0n) is 13.5. The van der Waals surface area contributed by atoms with E-state index in [9.17, 15) is 9.59 Å². The summed E-state index contributed by atoms with van der Waals surface area (Å²) in [6.45, 7) is 10.5. The molecule has 20 heavy (non-hydrogen) atoms. The van der Waals surface area contributed by atoms with Crippen molar-refractivity contribution in [1.29, 1.82) is 0 Å². The van der Waals surface area contributed by atoms with Gasteiger partial charge in [0, 0.05) is 12.0 Å². The van der Waals surface area contributed by atoms with Crippen molar-refractivity contribution in [3.8, 4) is 0 Å². The smallest absolute Gasteiger partial charge is 0.305 e. The number of amides is 1. The number of hydrogen-bond donors (Lipinski definition) is 3. The fourth-order valence-corrected chi connectivity index (χ4v) is 2.38. The molecule has 0 spiro atoms. The molecule has 0 aliphatic rings. The number of rotatable bonds is 8. The molecule has 0 aliphatic carbocycles. The Kier molecular flexibility index (Phi) is 7.20. The van der Waals surface area contributed by atoms with Gasteiger partial charge in [-0.3, -0.25) is 9.59 Å². The second-order valence-corrected chi connectivity index (χ2v) is 7.18. The first-order chi connectivity index (χ1) is 8.98. The summed E-state index contributed by atoms with van der Waals surface area (Å²) in [5, 5.41) is 11.6. The molecule has 5 nitrogen and oxygen atoms in total. The van der Waals surface area contributed by atoms with Gasteiger partial charge < -0.3 is 16.2 Å². The molecule has 0 radical (unpaired) electrons. The zero-order valence-corrected chi connectivity index (χ0v) is 13.5. The van der Waals surface area contributed by atoms with Crippen LogP contribution in [0.1, 0.15) is 60.3 Å². The number of carboxylic acids is 1. The summed E-state index contributed by atoms with van der Waals surface area (Å²) < 4.78 is 0. The molecule has 0 saturated heterocycles. The maximum atomic E-state index is 11.9. The second-order valence-electron chi connectivity index (χ2n) is 7.18. The van der Waals surface area contributed by atoms with E-state index >= 15 is 0 Å². The number of carboxylic acid groups (broad SMARTS) is 1. The average molecular weight is 286 g/mol. The molecule has 0 aromatic rings. The molecule has 0 aromatic heterocycles. The lowest BCUT2D eigenvalue weighted by molar-refractivity contribution is -0.138. The third-order valence-corrected chi connectivity index (χ3v) is 3.53. The van der Waals surface area contributed by atoms with Gasteiger partial charge in [-0.15, -0.1) is 0 Å². The summed E-state index contributed by atoms with van der Waals surface area (Å²) in [6, 6.07) is 0. The molecule has 0 bridgehead atoms. The highest BCUT2D eigenvalue weighted by Gasteiger charge is 2.27. The van der Waals surface area contributed by atoms with Gasteiger partial charge in [0.25, 0.3) is 0 Å². The first-order valence-electron chi connectivity index (χ1n) is 7.21. The normalized spacial score (nSPS) is 13.9. The van der Waals surface area contributed by atoms with Gasteiger partial charge in [0.2, 0.25) is 5.91 Å². The molecule has 0 heterocycles. The van der Waals surface area contributed by atoms with Crippen LogP contribution in [0.2, 0.25) is 0 Å². The van der Waals surface area contributed by atoms with E-state index in [2.05, 4.69) is 26.1 Å². The molecule has 5 heteroatoms. The van der Waals surface area contributed by atoms with Crippen molar-refractivity contribution in [3.05, 3.63) is 0 Å². The largest absolute Gasteiger partial charge is 0.481 e. The number of nitrogens with one attached hydrogen (secondary N) is 1. The Hall–Kier alpha value is -1.10. The first-order valence-corrected chi connectivity index (χ1v) is 7.21. The van der Waals surface area contributed by atoms with Crippen molar-refractivity contribution in [2.45, 2.75) is 65.8 Å². The summed E-state index contributed by atoms with van der Waals surface area (Å²) in [5.74, 6) is -0.616. The van der Waals surface area contributed by atoms with Crippen LogP contribution in [0.3, 0.4) is 0 Å². The van der Waals surface area contributed by atoms with Crippen LogP contribution >= 0.6 is 0 Å². The van der Waals surface area contributed by atoms with Crippen molar-refractivity contribution in [3.63, 3.8) is 0 Å². The van der Waals surface area contributed by atoms with E-state index in [1.54, 1.807) is 13.8 Å².